The Balaban J connectivity index is 2.19. The van der Waals surface area contributed by atoms with Crippen LogP contribution in [0.3, 0.4) is 0 Å². The molecule has 0 N–H and O–H groups in total. The van der Waals surface area contributed by atoms with E-state index in [-0.39, 0.29) is 18.1 Å². The smallest absolute Gasteiger partial charge is 0.191 e. The minimum absolute atomic E-state index is 0.00450. The van der Waals surface area contributed by atoms with Crippen LogP contribution in [-0.2, 0) is 12.5 Å². The Bertz CT molecular complexity index is 611. The van der Waals surface area contributed by atoms with E-state index < -0.39 is 23.2 Å². The van der Waals surface area contributed by atoms with Crippen LogP contribution in [0.4, 0.5) is 13.2 Å². The molecule has 0 saturated heterocycles. The molecule has 2 aromatic rings. The lowest BCUT2D eigenvalue weighted by Gasteiger charge is -2.10. The van der Waals surface area contributed by atoms with Gasteiger partial charge in [-0.3, -0.25) is 0 Å². The Hall–Kier alpha value is -1.20. The van der Waals surface area contributed by atoms with Crippen LogP contribution in [0.25, 0.3) is 0 Å². The Kier molecular flexibility index (Phi) is 4.94. The van der Waals surface area contributed by atoms with E-state index in [1.54, 1.807) is 6.07 Å². The lowest BCUT2D eigenvalue weighted by Crippen LogP contribution is -2.02. The van der Waals surface area contributed by atoms with E-state index in [1.165, 1.54) is 12.1 Å². The molecule has 20 heavy (non-hydrogen) atoms. The molecule has 0 amide bonds. The molecule has 0 saturated carbocycles. The highest BCUT2D eigenvalue weighted by atomic mass is 79.9. The summed E-state index contributed by atoms with van der Waals surface area (Å²) in [6.45, 7) is -0.271. The maximum atomic E-state index is 13.6. The van der Waals surface area contributed by atoms with Crippen LogP contribution in [0.5, 0.6) is 5.75 Å². The van der Waals surface area contributed by atoms with Gasteiger partial charge >= 0.3 is 0 Å². The van der Waals surface area contributed by atoms with Gasteiger partial charge in [0.25, 0.3) is 0 Å². The van der Waals surface area contributed by atoms with Crippen molar-refractivity contribution in [3.8, 4) is 5.75 Å². The van der Waals surface area contributed by atoms with E-state index in [9.17, 15) is 13.2 Å². The van der Waals surface area contributed by atoms with Gasteiger partial charge in [0, 0.05) is 15.9 Å². The van der Waals surface area contributed by atoms with Gasteiger partial charge in [-0.05, 0) is 29.8 Å². The van der Waals surface area contributed by atoms with Crippen LogP contribution in [0.2, 0.25) is 0 Å². The largest absolute Gasteiger partial charge is 0.483 e. The number of hydrogen-bond donors (Lipinski definition) is 0. The summed E-state index contributed by atoms with van der Waals surface area (Å²) in [5.41, 5.74) is 0.511. The Labute approximate surface area is 127 Å². The fourth-order valence-electron chi connectivity index (χ4n) is 1.62. The minimum atomic E-state index is -0.863. The molecule has 106 valence electrons. The maximum Gasteiger partial charge on any atom is 0.191 e. The third kappa shape index (κ3) is 3.46. The fraction of sp³-hybridized carbons (Fsp3) is 0.143. The topological polar surface area (TPSA) is 9.23 Å². The van der Waals surface area contributed by atoms with Gasteiger partial charge in [0.1, 0.15) is 12.4 Å². The zero-order chi connectivity index (χ0) is 14.7. The van der Waals surface area contributed by atoms with Crippen molar-refractivity contribution >= 4 is 27.5 Å². The molecule has 0 atom stereocenters. The fourth-order valence-corrected chi connectivity index (χ4v) is 2.10. The van der Waals surface area contributed by atoms with Crippen LogP contribution in [0, 0.1) is 17.5 Å². The lowest BCUT2D eigenvalue weighted by molar-refractivity contribution is 0.269. The summed E-state index contributed by atoms with van der Waals surface area (Å²) in [6, 6.07) is 6.52. The summed E-state index contributed by atoms with van der Waals surface area (Å²) < 4.78 is 46.4. The molecular formula is C14H9BrClF3O. The van der Waals surface area contributed by atoms with E-state index in [0.29, 0.717) is 10.0 Å². The summed E-state index contributed by atoms with van der Waals surface area (Å²) >= 11 is 8.62. The first-order chi connectivity index (χ1) is 9.51. The first-order valence-electron chi connectivity index (χ1n) is 5.62. The number of benzene rings is 2. The highest BCUT2D eigenvalue weighted by molar-refractivity contribution is 9.10. The van der Waals surface area contributed by atoms with Crippen molar-refractivity contribution in [1.82, 2.24) is 0 Å². The molecule has 2 rings (SSSR count). The van der Waals surface area contributed by atoms with Crippen molar-refractivity contribution in [1.29, 1.82) is 0 Å². The van der Waals surface area contributed by atoms with Crippen molar-refractivity contribution in [2.24, 2.45) is 0 Å². The summed E-state index contributed by atoms with van der Waals surface area (Å²) in [6.07, 6.45) is 0. The normalized spacial score (nSPS) is 10.7. The molecule has 0 aliphatic heterocycles. The van der Waals surface area contributed by atoms with Crippen molar-refractivity contribution in [2.75, 3.05) is 0 Å². The van der Waals surface area contributed by atoms with Crippen LogP contribution >= 0.6 is 27.5 Å². The van der Waals surface area contributed by atoms with Crippen LogP contribution < -0.4 is 4.74 Å². The summed E-state index contributed by atoms with van der Waals surface area (Å²) in [4.78, 5) is 0. The van der Waals surface area contributed by atoms with Crippen molar-refractivity contribution < 1.29 is 17.9 Å². The van der Waals surface area contributed by atoms with E-state index in [4.69, 9.17) is 16.3 Å². The van der Waals surface area contributed by atoms with Crippen LogP contribution in [0.15, 0.2) is 34.8 Å². The molecule has 0 unspecified atom stereocenters. The Morgan fingerprint density at radius 3 is 2.20 bits per heavy atom. The van der Waals surface area contributed by atoms with Gasteiger partial charge < -0.3 is 4.74 Å². The number of rotatable bonds is 4. The number of hydrogen-bond acceptors (Lipinski definition) is 1. The van der Waals surface area contributed by atoms with Gasteiger partial charge in [0.15, 0.2) is 17.4 Å². The molecular weight excluding hydrogens is 357 g/mol. The predicted octanol–water partition coefficient (Wildman–Crippen LogP) is 5.18. The van der Waals surface area contributed by atoms with Gasteiger partial charge in [-0.2, -0.15) is 0 Å². The Morgan fingerprint density at radius 1 is 1.00 bits per heavy atom. The van der Waals surface area contributed by atoms with Crippen molar-refractivity contribution in [3.63, 3.8) is 0 Å². The molecule has 0 radical (unpaired) electrons. The zero-order valence-corrected chi connectivity index (χ0v) is 12.4. The monoisotopic (exact) mass is 364 g/mol. The summed E-state index contributed by atoms with van der Waals surface area (Å²) in [5, 5.41) is 0. The molecule has 0 heterocycles. The molecule has 0 aromatic heterocycles. The molecule has 0 fully saturated rings. The third-order valence-electron chi connectivity index (χ3n) is 2.60. The standard InChI is InChI=1S/C14H9BrClF3O/c15-10-2-1-9(11(17)5-10)7-20-14-12(18)3-8(6-16)4-13(14)19/h1-5H,6-7H2. The molecule has 0 spiro atoms. The van der Waals surface area contributed by atoms with E-state index >= 15 is 0 Å². The molecule has 0 aliphatic carbocycles. The first kappa shape index (κ1) is 15.2. The van der Waals surface area contributed by atoms with Crippen LogP contribution in [-0.4, -0.2) is 0 Å². The number of ether oxygens (including phenoxy) is 1. The Morgan fingerprint density at radius 2 is 1.65 bits per heavy atom. The highest BCUT2D eigenvalue weighted by Gasteiger charge is 2.13. The molecule has 0 bridgehead atoms. The average molecular weight is 366 g/mol. The third-order valence-corrected chi connectivity index (χ3v) is 3.40. The van der Waals surface area contributed by atoms with Crippen LogP contribution in [0.1, 0.15) is 11.1 Å². The molecule has 0 aliphatic rings. The minimum Gasteiger partial charge on any atom is -0.483 e. The SMILES string of the molecule is Fc1cc(Br)ccc1COc1c(F)cc(CCl)cc1F. The van der Waals surface area contributed by atoms with Gasteiger partial charge in [-0.1, -0.05) is 22.0 Å². The van der Waals surface area contributed by atoms with E-state index in [1.807, 2.05) is 0 Å². The highest BCUT2D eigenvalue weighted by Crippen LogP contribution is 2.25. The van der Waals surface area contributed by atoms with Crippen molar-refractivity contribution in [2.45, 2.75) is 12.5 Å². The second kappa shape index (κ2) is 6.50. The van der Waals surface area contributed by atoms with Gasteiger partial charge in [-0.15, -0.1) is 11.6 Å². The van der Waals surface area contributed by atoms with Gasteiger partial charge in [0.2, 0.25) is 0 Å². The van der Waals surface area contributed by atoms with Crippen molar-refractivity contribution in [3.05, 3.63) is 63.4 Å². The maximum absolute atomic E-state index is 13.6. The summed E-state index contributed by atoms with van der Waals surface area (Å²) in [5.74, 6) is -2.79. The lowest BCUT2D eigenvalue weighted by atomic mass is 10.2. The molecule has 1 nitrogen and oxygen atoms in total. The van der Waals surface area contributed by atoms with Gasteiger partial charge in [-0.25, -0.2) is 13.2 Å². The van der Waals surface area contributed by atoms with Gasteiger partial charge in [0.05, 0.1) is 0 Å². The first-order valence-corrected chi connectivity index (χ1v) is 6.94. The average Bonchev–Trinajstić information content (AvgIpc) is 2.39. The second-order valence-corrected chi connectivity index (χ2v) is 5.23. The number of halogens is 5. The predicted molar refractivity (Wildman–Crippen MR) is 74.3 cm³/mol. The van der Waals surface area contributed by atoms with E-state index in [0.717, 1.165) is 12.1 Å². The molecule has 6 heteroatoms. The second-order valence-electron chi connectivity index (χ2n) is 4.05. The summed E-state index contributed by atoms with van der Waals surface area (Å²) in [7, 11) is 0. The quantitative estimate of drug-likeness (QED) is 0.678. The van der Waals surface area contributed by atoms with E-state index in [2.05, 4.69) is 15.9 Å². The molecule has 2 aromatic carbocycles. The number of alkyl halides is 1. The zero-order valence-electron chi connectivity index (χ0n) is 10.1.